The predicted octanol–water partition coefficient (Wildman–Crippen LogP) is 4.42. The van der Waals surface area contributed by atoms with Gasteiger partial charge in [-0.3, -0.25) is 0 Å². The lowest BCUT2D eigenvalue weighted by molar-refractivity contribution is 1.13. The maximum Gasteiger partial charge on any atom is 0.00719 e. The monoisotopic (exact) mass is 227 g/mol. The lowest BCUT2D eigenvalue weighted by atomic mass is 10.1. The highest BCUT2D eigenvalue weighted by Crippen LogP contribution is 2.19. The van der Waals surface area contributed by atoms with E-state index in [1.807, 2.05) is 11.8 Å². The molecule has 2 rings (SSSR count). The summed E-state index contributed by atoms with van der Waals surface area (Å²) in [6.07, 6.45) is 3.40. The van der Waals surface area contributed by atoms with Gasteiger partial charge in [0.2, 0.25) is 0 Å². The van der Waals surface area contributed by atoms with Crippen LogP contribution in [0.25, 0.3) is 0 Å². The van der Waals surface area contributed by atoms with Crippen LogP contribution in [0.2, 0.25) is 0 Å². The second-order valence-electron chi connectivity index (χ2n) is 3.56. The van der Waals surface area contributed by atoms with Crippen molar-refractivity contribution in [2.75, 3.05) is 5.75 Å². The van der Waals surface area contributed by atoms with Crippen molar-refractivity contribution in [2.45, 2.75) is 11.3 Å². The quantitative estimate of drug-likeness (QED) is 0.538. The molecule has 0 unspecified atom stereocenters. The SMILES string of the molecule is [CH](CCSc1ccccc1)c1ccccc1. The average Bonchev–Trinajstić information content (AvgIpc) is 2.37. The average molecular weight is 227 g/mol. The third-order valence-corrected chi connectivity index (χ3v) is 3.35. The Hall–Kier alpha value is -1.21. The molecule has 0 nitrogen and oxygen atoms in total. The summed E-state index contributed by atoms with van der Waals surface area (Å²) < 4.78 is 0. The first-order valence-electron chi connectivity index (χ1n) is 5.51. The molecular formula is C15H15S. The first-order chi connectivity index (χ1) is 7.95. The molecule has 0 aliphatic carbocycles. The van der Waals surface area contributed by atoms with Crippen LogP contribution in [0.15, 0.2) is 65.6 Å². The van der Waals surface area contributed by atoms with Crippen LogP contribution in [0.4, 0.5) is 0 Å². The van der Waals surface area contributed by atoms with Crippen molar-refractivity contribution < 1.29 is 0 Å². The molecule has 0 N–H and O–H groups in total. The zero-order chi connectivity index (χ0) is 11.1. The van der Waals surface area contributed by atoms with Crippen molar-refractivity contribution in [1.82, 2.24) is 0 Å². The van der Waals surface area contributed by atoms with Crippen molar-refractivity contribution >= 4 is 11.8 Å². The summed E-state index contributed by atoms with van der Waals surface area (Å²) in [5.74, 6) is 1.14. The van der Waals surface area contributed by atoms with Crippen LogP contribution in [0, 0.1) is 6.42 Å². The molecule has 0 aliphatic rings. The van der Waals surface area contributed by atoms with Crippen molar-refractivity contribution in [3.8, 4) is 0 Å². The Labute approximate surface area is 102 Å². The Morgan fingerprint density at radius 2 is 1.44 bits per heavy atom. The van der Waals surface area contributed by atoms with Crippen molar-refractivity contribution in [2.24, 2.45) is 0 Å². The molecule has 2 aromatic rings. The Morgan fingerprint density at radius 1 is 0.812 bits per heavy atom. The Morgan fingerprint density at radius 3 is 2.12 bits per heavy atom. The zero-order valence-electron chi connectivity index (χ0n) is 9.17. The van der Waals surface area contributed by atoms with E-state index < -0.39 is 0 Å². The molecule has 0 atom stereocenters. The van der Waals surface area contributed by atoms with Crippen LogP contribution in [0.5, 0.6) is 0 Å². The van der Waals surface area contributed by atoms with E-state index in [1.54, 1.807) is 0 Å². The summed E-state index contributed by atoms with van der Waals surface area (Å²) in [5, 5.41) is 0. The molecule has 1 radical (unpaired) electrons. The van der Waals surface area contributed by atoms with Gasteiger partial charge in [0.15, 0.2) is 0 Å². The normalized spacial score (nSPS) is 10.2. The van der Waals surface area contributed by atoms with Gasteiger partial charge in [-0.05, 0) is 36.3 Å². The molecule has 0 spiro atoms. The summed E-state index contributed by atoms with van der Waals surface area (Å²) in [4.78, 5) is 1.35. The molecular weight excluding hydrogens is 212 g/mol. The Balaban J connectivity index is 1.70. The van der Waals surface area contributed by atoms with E-state index in [9.17, 15) is 0 Å². The summed E-state index contributed by atoms with van der Waals surface area (Å²) in [5.41, 5.74) is 1.32. The van der Waals surface area contributed by atoms with E-state index in [0.29, 0.717) is 0 Å². The summed E-state index contributed by atoms with van der Waals surface area (Å²) >= 11 is 1.91. The van der Waals surface area contributed by atoms with E-state index in [1.165, 1.54) is 10.5 Å². The minimum Gasteiger partial charge on any atom is -0.126 e. The number of benzene rings is 2. The fraction of sp³-hybridized carbons (Fsp3) is 0.133. The maximum atomic E-state index is 2.29. The van der Waals surface area contributed by atoms with Crippen molar-refractivity contribution in [3.05, 3.63) is 72.6 Å². The topological polar surface area (TPSA) is 0 Å². The highest BCUT2D eigenvalue weighted by molar-refractivity contribution is 7.99. The molecule has 0 aliphatic heterocycles. The summed E-state index contributed by atoms with van der Waals surface area (Å²) in [6, 6.07) is 21.1. The standard InChI is InChI=1S/C15H15S/c1-3-8-14(9-4-1)10-7-13-16-15-11-5-2-6-12-15/h1-6,8-12H,7,13H2. The third kappa shape index (κ3) is 3.74. The van der Waals surface area contributed by atoms with Crippen LogP contribution in [0.3, 0.4) is 0 Å². The highest BCUT2D eigenvalue weighted by atomic mass is 32.2. The van der Waals surface area contributed by atoms with Gasteiger partial charge in [0.1, 0.15) is 0 Å². The van der Waals surface area contributed by atoms with Crippen LogP contribution in [-0.2, 0) is 0 Å². The van der Waals surface area contributed by atoms with Gasteiger partial charge in [0.25, 0.3) is 0 Å². The number of rotatable bonds is 5. The minimum atomic E-state index is 1.11. The lowest BCUT2D eigenvalue weighted by Gasteiger charge is -2.01. The molecule has 0 amide bonds. The Bertz CT molecular complexity index is 353. The van der Waals surface area contributed by atoms with Crippen LogP contribution >= 0.6 is 11.8 Å². The molecule has 2 aromatic carbocycles. The van der Waals surface area contributed by atoms with Crippen LogP contribution in [0.1, 0.15) is 12.0 Å². The molecule has 16 heavy (non-hydrogen) atoms. The summed E-state index contributed by atoms with van der Waals surface area (Å²) in [7, 11) is 0. The predicted molar refractivity (Wildman–Crippen MR) is 71.6 cm³/mol. The minimum absolute atomic E-state index is 1.11. The van der Waals surface area contributed by atoms with Gasteiger partial charge < -0.3 is 0 Å². The van der Waals surface area contributed by atoms with Gasteiger partial charge in [0, 0.05) is 4.90 Å². The van der Waals surface area contributed by atoms with E-state index in [2.05, 4.69) is 67.1 Å². The van der Waals surface area contributed by atoms with E-state index in [0.717, 1.165) is 12.2 Å². The van der Waals surface area contributed by atoms with Gasteiger partial charge in [-0.1, -0.05) is 48.5 Å². The summed E-state index contributed by atoms with van der Waals surface area (Å²) in [6.45, 7) is 0. The second-order valence-corrected chi connectivity index (χ2v) is 4.73. The molecule has 0 aromatic heterocycles. The van der Waals surface area contributed by atoms with Crippen molar-refractivity contribution in [1.29, 1.82) is 0 Å². The molecule has 0 saturated carbocycles. The van der Waals surface area contributed by atoms with E-state index in [4.69, 9.17) is 0 Å². The maximum absolute atomic E-state index is 2.29. The van der Waals surface area contributed by atoms with Gasteiger partial charge >= 0.3 is 0 Å². The van der Waals surface area contributed by atoms with Gasteiger partial charge in [-0.2, -0.15) is 0 Å². The van der Waals surface area contributed by atoms with E-state index >= 15 is 0 Å². The molecule has 81 valence electrons. The molecule has 0 fully saturated rings. The number of hydrogen-bond acceptors (Lipinski definition) is 1. The first-order valence-corrected chi connectivity index (χ1v) is 6.50. The highest BCUT2D eigenvalue weighted by Gasteiger charge is 1.94. The van der Waals surface area contributed by atoms with Gasteiger partial charge in [-0.15, -0.1) is 11.8 Å². The fourth-order valence-electron chi connectivity index (χ4n) is 1.51. The Kier molecular flexibility index (Phi) is 4.50. The number of hydrogen-bond donors (Lipinski definition) is 0. The third-order valence-electron chi connectivity index (χ3n) is 2.31. The lowest BCUT2D eigenvalue weighted by Crippen LogP contribution is -1.84. The molecule has 1 heteroatoms. The van der Waals surface area contributed by atoms with Crippen molar-refractivity contribution in [3.63, 3.8) is 0 Å². The fourth-order valence-corrected chi connectivity index (χ4v) is 2.33. The van der Waals surface area contributed by atoms with E-state index in [-0.39, 0.29) is 0 Å². The second kappa shape index (κ2) is 6.39. The largest absolute Gasteiger partial charge is 0.126 e. The molecule has 0 heterocycles. The zero-order valence-corrected chi connectivity index (χ0v) is 9.99. The molecule has 0 saturated heterocycles. The smallest absolute Gasteiger partial charge is 0.00719 e. The van der Waals surface area contributed by atoms with Gasteiger partial charge in [-0.25, -0.2) is 0 Å². The molecule has 0 bridgehead atoms. The van der Waals surface area contributed by atoms with Crippen LogP contribution < -0.4 is 0 Å². The van der Waals surface area contributed by atoms with Crippen LogP contribution in [-0.4, -0.2) is 5.75 Å². The van der Waals surface area contributed by atoms with Gasteiger partial charge in [0.05, 0.1) is 0 Å². The number of thioether (sulfide) groups is 1. The first kappa shape index (κ1) is 11.3.